The monoisotopic (exact) mass is 306 g/mol. The Labute approximate surface area is 119 Å². The van der Waals surface area contributed by atoms with Crippen LogP contribution >= 0.6 is 0 Å². The van der Waals surface area contributed by atoms with Gasteiger partial charge in [-0.1, -0.05) is 13.8 Å². The zero-order valence-electron chi connectivity index (χ0n) is 12.0. The van der Waals surface area contributed by atoms with Crippen molar-refractivity contribution in [3.05, 3.63) is 0 Å². The predicted molar refractivity (Wildman–Crippen MR) is 73.5 cm³/mol. The number of nitrogens with one attached hydrogen (secondary N) is 1. The van der Waals surface area contributed by atoms with E-state index in [0.717, 1.165) is 0 Å². The maximum Gasteiger partial charge on any atom is 0.306 e. The van der Waals surface area contributed by atoms with Gasteiger partial charge in [-0.05, 0) is 13.3 Å². The van der Waals surface area contributed by atoms with Crippen LogP contribution in [0.1, 0.15) is 27.2 Å². The Morgan fingerprint density at radius 2 is 1.90 bits per heavy atom. The number of sulfonamides is 1. The summed E-state index contributed by atoms with van der Waals surface area (Å²) in [7, 11) is -3.43. The SMILES string of the molecule is CCCS(=O)(=O)NC(C)C(=O)N1CC(C(C)C(=O)O)C1. The maximum atomic E-state index is 12.0. The van der Waals surface area contributed by atoms with Gasteiger partial charge in [0.15, 0.2) is 0 Å². The first kappa shape index (κ1) is 16.9. The smallest absolute Gasteiger partial charge is 0.306 e. The van der Waals surface area contributed by atoms with Crippen LogP contribution in [0.5, 0.6) is 0 Å². The number of carbonyl (C=O) groups is 2. The fraction of sp³-hybridized carbons (Fsp3) is 0.833. The summed E-state index contributed by atoms with van der Waals surface area (Å²) in [6.45, 7) is 5.60. The molecular formula is C12H22N2O5S. The highest BCUT2D eigenvalue weighted by Gasteiger charge is 2.38. The largest absolute Gasteiger partial charge is 0.481 e. The third kappa shape index (κ3) is 4.17. The van der Waals surface area contributed by atoms with Crippen molar-refractivity contribution in [2.75, 3.05) is 18.8 Å². The summed E-state index contributed by atoms with van der Waals surface area (Å²) in [6, 6.07) is -0.812. The van der Waals surface area contributed by atoms with Crippen LogP contribution in [0.2, 0.25) is 0 Å². The number of likely N-dealkylation sites (tertiary alicyclic amines) is 1. The highest BCUT2D eigenvalue weighted by atomic mass is 32.2. The second-order valence-corrected chi connectivity index (χ2v) is 7.16. The average Bonchev–Trinajstić information content (AvgIpc) is 2.25. The summed E-state index contributed by atoms with van der Waals surface area (Å²) in [5, 5.41) is 8.87. The Hall–Kier alpha value is -1.15. The summed E-state index contributed by atoms with van der Waals surface area (Å²) in [5.41, 5.74) is 0. The molecule has 1 saturated heterocycles. The third-order valence-corrected chi connectivity index (χ3v) is 5.18. The molecule has 0 spiro atoms. The van der Waals surface area contributed by atoms with E-state index < -0.39 is 28.0 Å². The van der Waals surface area contributed by atoms with Crippen molar-refractivity contribution in [3.8, 4) is 0 Å². The molecule has 0 radical (unpaired) electrons. The first-order chi connectivity index (χ1) is 9.18. The van der Waals surface area contributed by atoms with E-state index in [2.05, 4.69) is 4.72 Å². The van der Waals surface area contributed by atoms with E-state index in [-0.39, 0.29) is 17.6 Å². The summed E-state index contributed by atoms with van der Waals surface area (Å²) in [5.74, 6) is -1.75. The summed E-state index contributed by atoms with van der Waals surface area (Å²) in [4.78, 5) is 24.3. The van der Waals surface area contributed by atoms with Gasteiger partial charge in [0.1, 0.15) is 0 Å². The molecule has 0 bridgehead atoms. The van der Waals surface area contributed by atoms with Gasteiger partial charge in [-0.25, -0.2) is 13.1 Å². The molecule has 0 aliphatic carbocycles. The van der Waals surface area contributed by atoms with Crippen molar-refractivity contribution in [2.45, 2.75) is 33.2 Å². The van der Waals surface area contributed by atoms with Crippen molar-refractivity contribution in [1.82, 2.24) is 9.62 Å². The average molecular weight is 306 g/mol. The Bertz CT molecular complexity index is 470. The van der Waals surface area contributed by atoms with Gasteiger partial charge in [-0.3, -0.25) is 9.59 Å². The van der Waals surface area contributed by atoms with Gasteiger partial charge in [-0.2, -0.15) is 0 Å². The van der Waals surface area contributed by atoms with Crippen molar-refractivity contribution in [2.24, 2.45) is 11.8 Å². The first-order valence-electron chi connectivity index (χ1n) is 6.69. The van der Waals surface area contributed by atoms with E-state index in [1.54, 1.807) is 13.8 Å². The van der Waals surface area contributed by atoms with E-state index in [1.807, 2.05) is 0 Å². The second kappa shape index (κ2) is 6.53. The Balaban J connectivity index is 2.47. The molecule has 0 aromatic heterocycles. The fourth-order valence-electron chi connectivity index (χ4n) is 2.13. The molecule has 1 aliphatic rings. The molecular weight excluding hydrogens is 284 g/mol. The molecule has 7 nitrogen and oxygen atoms in total. The third-order valence-electron chi connectivity index (χ3n) is 3.52. The number of hydrogen-bond acceptors (Lipinski definition) is 4. The molecule has 1 heterocycles. The lowest BCUT2D eigenvalue weighted by Gasteiger charge is -2.42. The molecule has 0 aromatic carbocycles. The molecule has 2 N–H and O–H groups in total. The zero-order valence-corrected chi connectivity index (χ0v) is 12.8. The standard InChI is InChI=1S/C12H22N2O5S/c1-4-5-20(18,19)13-9(3)11(15)14-6-10(7-14)8(2)12(16)17/h8-10,13H,4-7H2,1-3H3,(H,16,17). The number of nitrogens with zero attached hydrogens (tertiary/aromatic N) is 1. The molecule has 2 unspecified atom stereocenters. The van der Waals surface area contributed by atoms with Gasteiger partial charge in [0.05, 0.1) is 17.7 Å². The van der Waals surface area contributed by atoms with E-state index in [4.69, 9.17) is 5.11 Å². The van der Waals surface area contributed by atoms with E-state index in [9.17, 15) is 18.0 Å². The number of aliphatic carboxylic acids is 1. The van der Waals surface area contributed by atoms with Crippen LogP contribution in [-0.2, 0) is 19.6 Å². The quantitative estimate of drug-likeness (QED) is 0.682. The van der Waals surface area contributed by atoms with Crippen molar-refractivity contribution < 1.29 is 23.1 Å². The van der Waals surface area contributed by atoms with Crippen molar-refractivity contribution in [3.63, 3.8) is 0 Å². The van der Waals surface area contributed by atoms with Gasteiger partial charge < -0.3 is 10.0 Å². The normalized spacial score (nSPS) is 19.2. The zero-order chi connectivity index (χ0) is 15.5. The maximum absolute atomic E-state index is 12.0. The molecule has 2 atom stereocenters. The van der Waals surface area contributed by atoms with Gasteiger partial charge in [0.2, 0.25) is 15.9 Å². The van der Waals surface area contributed by atoms with Gasteiger partial charge >= 0.3 is 5.97 Å². The lowest BCUT2D eigenvalue weighted by Crippen LogP contribution is -2.58. The second-order valence-electron chi connectivity index (χ2n) is 5.29. The minimum absolute atomic E-state index is 0.0106. The number of amides is 1. The Morgan fingerprint density at radius 3 is 2.35 bits per heavy atom. The van der Waals surface area contributed by atoms with Crippen LogP contribution in [0.25, 0.3) is 0 Å². The minimum atomic E-state index is -3.43. The molecule has 8 heteroatoms. The predicted octanol–water partition coefficient (Wildman–Crippen LogP) is -0.117. The molecule has 1 rings (SSSR count). The highest BCUT2D eigenvalue weighted by molar-refractivity contribution is 7.89. The van der Waals surface area contributed by atoms with Gasteiger partial charge in [-0.15, -0.1) is 0 Å². The Morgan fingerprint density at radius 1 is 1.35 bits per heavy atom. The molecule has 1 fully saturated rings. The summed E-state index contributed by atoms with van der Waals surface area (Å²) >= 11 is 0. The summed E-state index contributed by atoms with van der Waals surface area (Å²) < 4.78 is 25.5. The topological polar surface area (TPSA) is 104 Å². The fourth-order valence-corrected chi connectivity index (χ4v) is 3.43. The number of carbonyl (C=O) groups excluding carboxylic acids is 1. The highest BCUT2D eigenvalue weighted by Crippen LogP contribution is 2.24. The van der Waals surface area contributed by atoms with Crippen molar-refractivity contribution in [1.29, 1.82) is 0 Å². The van der Waals surface area contributed by atoms with E-state index in [1.165, 1.54) is 11.8 Å². The number of carboxylic acid groups (broad SMARTS) is 1. The van der Waals surface area contributed by atoms with Crippen LogP contribution in [0.4, 0.5) is 0 Å². The molecule has 20 heavy (non-hydrogen) atoms. The summed E-state index contributed by atoms with van der Waals surface area (Å²) in [6.07, 6.45) is 0.484. The molecule has 116 valence electrons. The van der Waals surface area contributed by atoms with E-state index >= 15 is 0 Å². The molecule has 0 saturated carbocycles. The molecule has 1 amide bonds. The van der Waals surface area contributed by atoms with Crippen molar-refractivity contribution >= 4 is 21.9 Å². The van der Waals surface area contributed by atoms with Crippen LogP contribution < -0.4 is 4.72 Å². The van der Waals surface area contributed by atoms with Crippen LogP contribution in [-0.4, -0.2) is 55.2 Å². The number of carboxylic acids is 1. The van der Waals surface area contributed by atoms with Crippen LogP contribution in [0, 0.1) is 11.8 Å². The van der Waals surface area contributed by atoms with Crippen LogP contribution in [0.15, 0.2) is 0 Å². The number of hydrogen-bond donors (Lipinski definition) is 2. The van der Waals surface area contributed by atoms with Gasteiger partial charge in [0.25, 0.3) is 0 Å². The van der Waals surface area contributed by atoms with Gasteiger partial charge in [0, 0.05) is 19.0 Å². The number of rotatable bonds is 7. The first-order valence-corrected chi connectivity index (χ1v) is 8.34. The van der Waals surface area contributed by atoms with Crippen LogP contribution in [0.3, 0.4) is 0 Å². The Kier molecular flexibility index (Phi) is 5.52. The lowest BCUT2D eigenvalue weighted by molar-refractivity contribution is -0.151. The lowest BCUT2D eigenvalue weighted by atomic mass is 9.87. The van der Waals surface area contributed by atoms with E-state index in [0.29, 0.717) is 19.5 Å². The molecule has 1 aliphatic heterocycles. The molecule has 0 aromatic rings. The minimum Gasteiger partial charge on any atom is -0.481 e.